The molecule has 0 radical (unpaired) electrons. The molecule has 1 rings (SSSR count). The first-order valence-electron chi connectivity index (χ1n) is 6.23. The fraction of sp³-hybridized carbons (Fsp3) is 0.500. The second-order valence-corrected chi connectivity index (χ2v) is 4.00. The van der Waals surface area contributed by atoms with Crippen molar-refractivity contribution in [1.82, 2.24) is 5.32 Å². The lowest BCUT2D eigenvalue weighted by Crippen LogP contribution is -2.19. The Labute approximate surface area is 119 Å². The Morgan fingerprint density at radius 1 is 1.05 bits per heavy atom. The predicted octanol–water partition coefficient (Wildman–Crippen LogP) is 1.37. The minimum Gasteiger partial charge on any atom is -0.493 e. The minimum atomic E-state index is -0.239. The highest BCUT2D eigenvalue weighted by Crippen LogP contribution is 2.39. The lowest BCUT2D eigenvalue weighted by Gasteiger charge is -2.16. The summed E-state index contributed by atoms with van der Waals surface area (Å²) in [5.41, 5.74) is 0.926. The van der Waals surface area contributed by atoms with Gasteiger partial charge in [-0.25, -0.2) is 0 Å². The van der Waals surface area contributed by atoms with Gasteiger partial charge in [0.15, 0.2) is 11.5 Å². The molecule has 0 fully saturated rings. The third-order valence-corrected chi connectivity index (χ3v) is 2.83. The molecule has 0 saturated carbocycles. The Hall–Kier alpha value is -1.95. The summed E-state index contributed by atoms with van der Waals surface area (Å²) in [7, 11) is 6.09. The van der Waals surface area contributed by atoms with Crippen molar-refractivity contribution in [3.63, 3.8) is 0 Å². The van der Waals surface area contributed by atoms with Gasteiger partial charge in [0.05, 0.1) is 34.9 Å². The summed E-state index contributed by atoms with van der Waals surface area (Å²) < 4.78 is 20.5. The molecule has 0 heterocycles. The Balaban J connectivity index is 2.72. The fourth-order valence-corrected chi connectivity index (χ4v) is 1.82. The van der Waals surface area contributed by atoms with Crippen molar-refractivity contribution in [2.45, 2.75) is 13.0 Å². The molecule has 6 heteroatoms. The van der Waals surface area contributed by atoms with Gasteiger partial charge in [0.1, 0.15) is 0 Å². The van der Waals surface area contributed by atoms with E-state index >= 15 is 0 Å². The molecular formula is C14H21NO5. The van der Waals surface area contributed by atoms with Crippen LogP contribution < -0.4 is 19.5 Å². The molecule has 0 aromatic heterocycles. The topological polar surface area (TPSA) is 66.0 Å². The molecule has 0 aliphatic carbocycles. The van der Waals surface area contributed by atoms with Gasteiger partial charge in [-0.1, -0.05) is 6.07 Å². The van der Waals surface area contributed by atoms with Crippen molar-refractivity contribution in [3.05, 3.63) is 17.7 Å². The molecule has 20 heavy (non-hydrogen) atoms. The SMILES string of the molecule is COC(=O)CCNCc1ccc(OC)c(OC)c1OC. The highest BCUT2D eigenvalue weighted by atomic mass is 16.5. The van der Waals surface area contributed by atoms with Crippen LogP contribution in [-0.2, 0) is 16.1 Å². The molecule has 1 aromatic rings. The lowest BCUT2D eigenvalue weighted by molar-refractivity contribution is -0.140. The smallest absolute Gasteiger partial charge is 0.306 e. The zero-order chi connectivity index (χ0) is 15.0. The van der Waals surface area contributed by atoms with Gasteiger partial charge < -0.3 is 24.3 Å². The predicted molar refractivity (Wildman–Crippen MR) is 74.4 cm³/mol. The van der Waals surface area contributed by atoms with Gasteiger partial charge in [-0.15, -0.1) is 0 Å². The van der Waals surface area contributed by atoms with Gasteiger partial charge in [0.2, 0.25) is 5.75 Å². The normalized spacial score (nSPS) is 10.0. The molecule has 0 spiro atoms. The highest BCUT2D eigenvalue weighted by molar-refractivity contribution is 5.69. The van der Waals surface area contributed by atoms with Crippen molar-refractivity contribution in [1.29, 1.82) is 0 Å². The van der Waals surface area contributed by atoms with Crippen LogP contribution in [0.3, 0.4) is 0 Å². The first-order chi connectivity index (χ1) is 9.67. The average Bonchev–Trinajstić information content (AvgIpc) is 2.49. The van der Waals surface area contributed by atoms with Crippen LogP contribution in [-0.4, -0.2) is 41.0 Å². The summed E-state index contributed by atoms with van der Waals surface area (Å²) in [4.78, 5) is 11.0. The zero-order valence-corrected chi connectivity index (χ0v) is 12.3. The van der Waals surface area contributed by atoms with Crippen LogP contribution >= 0.6 is 0 Å². The molecule has 0 saturated heterocycles. The molecular weight excluding hydrogens is 262 g/mol. The Kier molecular flexibility index (Phi) is 6.66. The summed E-state index contributed by atoms with van der Waals surface area (Å²) in [5.74, 6) is 1.55. The second kappa shape index (κ2) is 8.27. The van der Waals surface area contributed by atoms with Crippen LogP contribution in [0.1, 0.15) is 12.0 Å². The van der Waals surface area contributed by atoms with E-state index in [2.05, 4.69) is 10.1 Å². The van der Waals surface area contributed by atoms with Crippen molar-refractivity contribution < 1.29 is 23.7 Å². The number of rotatable bonds is 8. The molecule has 1 aromatic carbocycles. The van der Waals surface area contributed by atoms with E-state index in [1.54, 1.807) is 21.3 Å². The zero-order valence-electron chi connectivity index (χ0n) is 12.3. The summed E-state index contributed by atoms with van der Waals surface area (Å²) >= 11 is 0. The van der Waals surface area contributed by atoms with Crippen LogP contribution in [0.4, 0.5) is 0 Å². The molecule has 0 bridgehead atoms. The Morgan fingerprint density at radius 3 is 2.30 bits per heavy atom. The van der Waals surface area contributed by atoms with Gasteiger partial charge in [-0.2, -0.15) is 0 Å². The van der Waals surface area contributed by atoms with Gasteiger partial charge in [-0.05, 0) is 6.07 Å². The largest absolute Gasteiger partial charge is 0.493 e. The van der Waals surface area contributed by atoms with Crippen LogP contribution in [0.25, 0.3) is 0 Å². The van der Waals surface area contributed by atoms with E-state index in [4.69, 9.17) is 14.2 Å². The van der Waals surface area contributed by atoms with Crippen molar-refractivity contribution >= 4 is 5.97 Å². The van der Waals surface area contributed by atoms with E-state index in [0.717, 1.165) is 5.56 Å². The number of carbonyl (C=O) groups is 1. The lowest BCUT2D eigenvalue weighted by atomic mass is 10.1. The quantitative estimate of drug-likeness (QED) is 0.574. The van der Waals surface area contributed by atoms with E-state index in [1.807, 2.05) is 12.1 Å². The summed E-state index contributed by atoms with van der Waals surface area (Å²) in [6, 6.07) is 3.71. The van der Waals surface area contributed by atoms with Gasteiger partial charge in [0.25, 0.3) is 0 Å². The third-order valence-electron chi connectivity index (χ3n) is 2.83. The van der Waals surface area contributed by atoms with E-state index in [0.29, 0.717) is 36.8 Å². The van der Waals surface area contributed by atoms with Crippen LogP contribution in [0.15, 0.2) is 12.1 Å². The van der Waals surface area contributed by atoms with Gasteiger partial charge >= 0.3 is 5.97 Å². The molecule has 0 unspecified atom stereocenters. The number of methoxy groups -OCH3 is 4. The first kappa shape index (κ1) is 16.1. The Bertz CT molecular complexity index is 447. The van der Waals surface area contributed by atoms with E-state index in [1.165, 1.54) is 7.11 Å². The molecule has 112 valence electrons. The van der Waals surface area contributed by atoms with Gasteiger partial charge in [0, 0.05) is 18.7 Å². The maximum Gasteiger partial charge on any atom is 0.306 e. The number of hydrogen-bond donors (Lipinski definition) is 1. The summed E-state index contributed by atoms with van der Waals surface area (Å²) in [6.07, 6.45) is 0.326. The second-order valence-electron chi connectivity index (χ2n) is 4.00. The number of esters is 1. The summed E-state index contributed by atoms with van der Waals surface area (Å²) in [6.45, 7) is 1.09. The van der Waals surface area contributed by atoms with Gasteiger partial charge in [-0.3, -0.25) is 4.79 Å². The highest BCUT2D eigenvalue weighted by Gasteiger charge is 2.15. The number of benzene rings is 1. The number of ether oxygens (including phenoxy) is 4. The molecule has 6 nitrogen and oxygen atoms in total. The number of nitrogens with one attached hydrogen (secondary N) is 1. The van der Waals surface area contributed by atoms with Crippen LogP contribution in [0, 0.1) is 0 Å². The monoisotopic (exact) mass is 283 g/mol. The first-order valence-corrected chi connectivity index (χ1v) is 6.23. The number of hydrogen-bond acceptors (Lipinski definition) is 6. The molecule has 0 amide bonds. The standard InChI is InChI=1S/C14H21NO5/c1-17-11-6-5-10(13(19-3)14(11)20-4)9-15-8-7-12(16)18-2/h5-6,15H,7-9H2,1-4H3. The van der Waals surface area contributed by atoms with Crippen LogP contribution in [0.2, 0.25) is 0 Å². The fourth-order valence-electron chi connectivity index (χ4n) is 1.82. The van der Waals surface area contributed by atoms with Crippen molar-refractivity contribution in [3.8, 4) is 17.2 Å². The molecule has 0 aliphatic heterocycles. The minimum absolute atomic E-state index is 0.239. The van der Waals surface area contributed by atoms with Crippen molar-refractivity contribution in [2.24, 2.45) is 0 Å². The summed E-state index contributed by atoms with van der Waals surface area (Å²) in [5, 5.41) is 3.15. The van der Waals surface area contributed by atoms with Crippen molar-refractivity contribution in [2.75, 3.05) is 35.0 Å². The number of carbonyl (C=O) groups excluding carboxylic acids is 1. The Morgan fingerprint density at radius 2 is 1.75 bits per heavy atom. The molecule has 0 atom stereocenters. The maximum absolute atomic E-state index is 11.0. The van der Waals surface area contributed by atoms with E-state index in [-0.39, 0.29) is 5.97 Å². The molecule has 1 N–H and O–H groups in total. The third kappa shape index (κ3) is 4.03. The average molecular weight is 283 g/mol. The van der Waals surface area contributed by atoms with E-state index < -0.39 is 0 Å². The maximum atomic E-state index is 11.0. The van der Waals surface area contributed by atoms with Crippen LogP contribution in [0.5, 0.6) is 17.2 Å². The molecule has 0 aliphatic rings. The van der Waals surface area contributed by atoms with E-state index in [9.17, 15) is 4.79 Å².